The average Bonchev–Trinajstić information content (AvgIpc) is 3.44. The predicted octanol–water partition coefficient (Wildman–Crippen LogP) is 7.15. The van der Waals surface area contributed by atoms with E-state index in [1.54, 1.807) is 24.3 Å². The summed E-state index contributed by atoms with van der Waals surface area (Å²) >= 11 is 1.12. The minimum Gasteiger partial charge on any atom is -0.507 e. The van der Waals surface area contributed by atoms with Gasteiger partial charge in [0.2, 0.25) is 0 Å². The van der Waals surface area contributed by atoms with Gasteiger partial charge >= 0.3 is 5.91 Å². The summed E-state index contributed by atoms with van der Waals surface area (Å²) in [6, 6.07) is 17.7. The molecule has 1 aromatic heterocycles. The standard InChI is InChI=1S/C31H29FN2O4S/c1-5-15-38-22-8-6-7-19(16-22)27(35)25-26(18-9-11-20(12-10-18)31(2,3)4)34(29(37)28(25)36)30-33-23-14-13-21(32)17-24(23)39-30/h6-14,16-17,26,35H,5,15H2,1-4H3/b27-25+. The van der Waals surface area contributed by atoms with Crippen molar-refractivity contribution in [3.8, 4) is 5.75 Å². The van der Waals surface area contributed by atoms with Gasteiger partial charge in [0.25, 0.3) is 5.78 Å². The lowest BCUT2D eigenvalue weighted by Crippen LogP contribution is -2.29. The van der Waals surface area contributed by atoms with Gasteiger partial charge in [0, 0.05) is 5.56 Å². The fraction of sp³-hybridized carbons (Fsp3) is 0.258. The number of Topliss-reactive ketones (excluding diaryl/α,β-unsaturated/α-hetero) is 1. The fourth-order valence-electron chi connectivity index (χ4n) is 4.61. The van der Waals surface area contributed by atoms with E-state index in [1.807, 2.05) is 31.2 Å². The van der Waals surface area contributed by atoms with Gasteiger partial charge in [0.15, 0.2) is 5.13 Å². The van der Waals surface area contributed by atoms with Gasteiger partial charge < -0.3 is 9.84 Å². The Labute approximate surface area is 230 Å². The van der Waals surface area contributed by atoms with Gasteiger partial charge in [-0.2, -0.15) is 0 Å². The summed E-state index contributed by atoms with van der Waals surface area (Å²) in [7, 11) is 0. The van der Waals surface area contributed by atoms with Crippen molar-refractivity contribution in [2.75, 3.05) is 11.5 Å². The molecule has 1 amide bonds. The maximum atomic E-state index is 13.9. The largest absolute Gasteiger partial charge is 0.507 e. The summed E-state index contributed by atoms with van der Waals surface area (Å²) in [6.45, 7) is 8.80. The van der Waals surface area contributed by atoms with Gasteiger partial charge in [-0.3, -0.25) is 14.5 Å². The van der Waals surface area contributed by atoms with Crippen LogP contribution in [0.3, 0.4) is 0 Å². The van der Waals surface area contributed by atoms with E-state index in [1.165, 1.54) is 23.1 Å². The number of benzene rings is 3. The first-order valence-electron chi connectivity index (χ1n) is 12.8. The molecule has 6 nitrogen and oxygen atoms in total. The van der Waals surface area contributed by atoms with E-state index >= 15 is 0 Å². The minimum absolute atomic E-state index is 0.0402. The number of amides is 1. The van der Waals surface area contributed by atoms with Crippen LogP contribution in [0.15, 0.2) is 72.3 Å². The molecule has 1 unspecified atom stereocenters. The average molecular weight is 545 g/mol. The molecule has 0 spiro atoms. The van der Waals surface area contributed by atoms with Crippen molar-refractivity contribution in [1.29, 1.82) is 0 Å². The van der Waals surface area contributed by atoms with E-state index in [0.717, 1.165) is 23.3 Å². The number of anilines is 1. The Balaban J connectivity index is 1.68. The number of fused-ring (bicyclic) bond motifs is 1. The first kappa shape index (κ1) is 26.6. The Morgan fingerprint density at radius 3 is 2.51 bits per heavy atom. The van der Waals surface area contributed by atoms with Crippen LogP contribution in [0.25, 0.3) is 16.0 Å². The number of halogens is 1. The highest BCUT2D eigenvalue weighted by atomic mass is 32.1. The Morgan fingerprint density at radius 1 is 1.08 bits per heavy atom. The van der Waals surface area contributed by atoms with Gasteiger partial charge in [0.1, 0.15) is 17.3 Å². The predicted molar refractivity (Wildman–Crippen MR) is 152 cm³/mol. The number of carbonyl (C=O) groups is 2. The monoisotopic (exact) mass is 544 g/mol. The molecule has 1 N–H and O–H groups in total. The third kappa shape index (κ3) is 5.04. The first-order chi connectivity index (χ1) is 18.6. The molecule has 1 saturated heterocycles. The van der Waals surface area contributed by atoms with E-state index in [9.17, 15) is 19.1 Å². The zero-order chi connectivity index (χ0) is 27.9. The zero-order valence-corrected chi connectivity index (χ0v) is 23.0. The molecule has 1 atom stereocenters. The van der Waals surface area contributed by atoms with Crippen molar-refractivity contribution in [2.24, 2.45) is 0 Å². The van der Waals surface area contributed by atoms with Crippen LogP contribution in [0.5, 0.6) is 5.75 Å². The van der Waals surface area contributed by atoms with Crippen LogP contribution >= 0.6 is 11.3 Å². The molecule has 5 rings (SSSR count). The minimum atomic E-state index is -0.926. The lowest BCUT2D eigenvalue weighted by molar-refractivity contribution is -0.132. The van der Waals surface area contributed by atoms with Crippen molar-refractivity contribution in [3.63, 3.8) is 0 Å². The molecule has 4 aromatic rings. The molecule has 1 fully saturated rings. The Kier molecular flexibility index (Phi) is 6.99. The Bertz CT molecular complexity index is 1600. The van der Waals surface area contributed by atoms with Crippen LogP contribution in [-0.4, -0.2) is 28.4 Å². The number of hydrogen-bond donors (Lipinski definition) is 1. The lowest BCUT2D eigenvalue weighted by atomic mass is 9.85. The smallest absolute Gasteiger partial charge is 0.301 e. The molecule has 39 heavy (non-hydrogen) atoms. The quantitative estimate of drug-likeness (QED) is 0.158. The van der Waals surface area contributed by atoms with E-state index in [0.29, 0.717) is 33.7 Å². The topological polar surface area (TPSA) is 79.7 Å². The van der Waals surface area contributed by atoms with E-state index in [4.69, 9.17) is 4.74 Å². The highest BCUT2D eigenvalue weighted by Gasteiger charge is 2.48. The van der Waals surface area contributed by atoms with Crippen LogP contribution in [0.4, 0.5) is 9.52 Å². The molecule has 0 saturated carbocycles. The molecular formula is C31H29FN2O4S. The Morgan fingerprint density at radius 2 is 1.82 bits per heavy atom. The second-order valence-electron chi connectivity index (χ2n) is 10.5. The molecule has 1 aliphatic rings. The SMILES string of the molecule is CCCOc1cccc(/C(O)=C2\C(=O)C(=O)N(c3nc4ccc(F)cc4s3)C2c2ccc(C(C)(C)C)cc2)c1. The molecule has 0 aliphatic carbocycles. The van der Waals surface area contributed by atoms with Crippen LogP contribution in [0.2, 0.25) is 0 Å². The highest BCUT2D eigenvalue weighted by molar-refractivity contribution is 7.22. The fourth-order valence-corrected chi connectivity index (χ4v) is 5.63. The number of ether oxygens (including phenoxy) is 1. The first-order valence-corrected chi connectivity index (χ1v) is 13.6. The zero-order valence-electron chi connectivity index (χ0n) is 22.2. The summed E-state index contributed by atoms with van der Waals surface area (Å²) in [5.41, 5.74) is 2.47. The molecule has 3 aromatic carbocycles. The third-order valence-corrected chi connectivity index (χ3v) is 7.68. The molecule has 0 radical (unpaired) electrons. The molecule has 1 aliphatic heterocycles. The van der Waals surface area contributed by atoms with Crippen molar-refractivity contribution in [1.82, 2.24) is 4.98 Å². The number of rotatable bonds is 6. The number of aliphatic hydroxyl groups excluding tert-OH is 1. The summed E-state index contributed by atoms with van der Waals surface area (Å²) in [4.78, 5) is 32.9. The number of nitrogens with zero attached hydrogens (tertiary/aromatic N) is 2. The number of aromatic nitrogens is 1. The number of aliphatic hydroxyl groups is 1. The molecule has 2 heterocycles. The van der Waals surface area contributed by atoms with E-state index in [2.05, 4.69) is 25.8 Å². The molecular weight excluding hydrogens is 515 g/mol. The van der Waals surface area contributed by atoms with Crippen LogP contribution in [0, 0.1) is 5.82 Å². The third-order valence-electron chi connectivity index (χ3n) is 6.66. The highest BCUT2D eigenvalue weighted by Crippen LogP contribution is 2.44. The molecule has 200 valence electrons. The van der Waals surface area contributed by atoms with Gasteiger partial charge in [-0.05, 0) is 53.3 Å². The van der Waals surface area contributed by atoms with Crippen LogP contribution < -0.4 is 9.64 Å². The van der Waals surface area contributed by atoms with Crippen LogP contribution in [0.1, 0.15) is 56.8 Å². The van der Waals surface area contributed by atoms with Crippen LogP contribution in [-0.2, 0) is 15.0 Å². The molecule has 8 heteroatoms. The van der Waals surface area contributed by atoms with Crippen molar-refractivity contribution >= 4 is 44.1 Å². The number of carbonyl (C=O) groups excluding carboxylic acids is 2. The van der Waals surface area contributed by atoms with Gasteiger partial charge in [-0.15, -0.1) is 0 Å². The number of ketones is 1. The summed E-state index contributed by atoms with van der Waals surface area (Å²) in [5, 5.41) is 11.7. The van der Waals surface area contributed by atoms with Crippen molar-refractivity contribution < 1.29 is 23.8 Å². The van der Waals surface area contributed by atoms with E-state index < -0.39 is 23.5 Å². The van der Waals surface area contributed by atoms with Gasteiger partial charge in [0.05, 0.1) is 28.4 Å². The second-order valence-corrected chi connectivity index (χ2v) is 11.5. The molecule has 0 bridgehead atoms. The van der Waals surface area contributed by atoms with Crippen molar-refractivity contribution in [3.05, 3.63) is 94.8 Å². The second kappa shape index (κ2) is 10.3. The van der Waals surface area contributed by atoms with Gasteiger partial charge in [-0.1, -0.05) is 75.4 Å². The summed E-state index contributed by atoms with van der Waals surface area (Å²) in [6.07, 6.45) is 0.817. The maximum Gasteiger partial charge on any atom is 0.301 e. The van der Waals surface area contributed by atoms with E-state index in [-0.39, 0.29) is 21.9 Å². The summed E-state index contributed by atoms with van der Waals surface area (Å²) < 4.78 is 20.2. The van der Waals surface area contributed by atoms with Gasteiger partial charge in [-0.25, -0.2) is 9.37 Å². The normalized spacial score (nSPS) is 17.3. The maximum absolute atomic E-state index is 13.9. The number of thiazole rings is 1. The summed E-state index contributed by atoms with van der Waals surface area (Å²) in [5.74, 6) is -1.79. The Hall–Kier alpha value is -4.04. The number of hydrogen-bond acceptors (Lipinski definition) is 6. The lowest BCUT2D eigenvalue weighted by Gasteiger charge is -2.24. The van der Waals surface area contributed by atoms with Crippen molar-refractivity contribution in [2.45, 2.75) is 45.6 Å².